The van der Waals surface area contributed by atoms with Gasteiger partial charge in [-0.3, -0.25) is 4.79 Å². The quantitative estimate of drug-likeness (QED) is 0.940. The second kappa shape index (κ2) is 5.83. The molecule has 5 heteroatoms. The zero-order valence-corrected chi connectivity index (χ0v) is 13.0. The number of aryl methyl sites for hydroxylation is 1. The first-order valence-electron chi connectivity index (χ1n) is 7.63. The van der Waals surface area contributed by atoms with Crippen molar-refractivity contribution in [2.45, 2.75) is 19.8 Å². The molecule has 1 N–H and O–H groups in total. The van der Waals surface area contributed by atoms with Crippen LogP contribution in [-0.4, -0.2) is 42.7 Å². The molecule has 1 aliphatic rings. The molecule has 116 valence electrons. The molecule has 1 aromatic heterocycles. The summed E-state index contributed by atoms with van der Waals surface area (Å²) in [5.74, 6) is -0.127. The molecule has 0 spiro atoms. The predicted molar refractivity (Wildman–Crippen MR) is 88.8 cm³/mol. The normalized spacial score (nSPS) is 14.5. The summed E-state index contributed by atoms with van der Waals surface area (Å²) in [5, 5.41) is 11.2. The SMILES string of the molecule is Cc1ccc2c(N3CCCC3)cnc(N(C)CC(=O)O)c2c1. The molecule has 0 aliphatic carbocycles. The number of carboxylic acid groups (broad SMARTS) is 1. The van der Waals surface area contributed by atoms with Crippen LogP contribution in [0.4, 0.5) is 11.5 Å². The molecule has 0 radical (unpaired) electrons. The Balaban J connectivity index is 2.12. The summed E-state index contributed by atoms with van der Waals surface area (Å²) in [6.07, 6.45) is 4.32. The van der Waals surface area contributed by atoms with Gasteiger partial charge < -0.3 is 14.9 Å². The standard InChI is InChI=1S/C17H21N3O2/c1-12-5-6-13-14(9-12)17(19(2)11-16(21)22)18-10-15(13)20-7-3-4-8-20/h5-6,9-10H,3-4,7-8,11H2,1-2H3,(H,21,22). The Hall–Kier alpha value is -2.30. The third-order valence-electron chi connectivity index (χ3n) is 4.18. The Kier molecular flexibility index (Phi) is 3.88. The molecule has 0 amide bonds. The van der Waals surface area contributed by atoms with E-state index in [1.807, 2.05) is 13.1 Å². The van der Waals surface area contributed by atoms with Crippen molar-refractivity contribution < 1.29 is 9.90 Å². The first-order chi connectivity index (χ1) is 10.6. The largest absolute Gasteiger partial charge is 0.480 e. The molecule has 0 bridgehead atoms. The van der Waals surface area contributed by atoms with Crippen LogP contribution in [0.25, 0.3) is 10.8 Å². The van der Waals surface area contributed by atoms with Crippen molar-refractivity contribution in [2.75, 3.05) is 36.5 Å². The molecule has 0 atom stereocenters. The van der Waals surface area contributed by atoms with E-state index in [1.165, 1.54) is 12.8 Å². The molecule has 22 heavy (non-hydrogen) atoms. The minimum atomic E-state index is -0.853. The number of fused-ring (bicyclic) bond motifs is 1. The van der Waals surface area contributed by atoms with Gasteiger partial charge in [-0.1, -0.05) is 17.7 Å². The van der Waals surface area contributed by atoms with Gasteiger partial charge in [-0.15, -0.1) is 0 Å². The maximum atomic E-state index is 11.0. The zero-order chi connectivity index (χ0) is 15.7. The van der Waals surface area contributed by atoms with Gasteiger partial charge in [0.15, 0.2) is 0 Å². The van der Waals surface area contributed by atoms with Gasteiger partial charge in [0.1, 0.15) is 12.4 Å². The Bertz CT molecular complexity index is 708. The number of pyridine rings is 1. The molecule has 1 aromatic carbocycles. The molecule has 2 aromatic rings. The number of carbonyl (C=O) groups is 1. The summed E-state index contributed by atoms with van der Waals surface area (Å²) in [4.78, 5) is 19.6. The summed E-state index contributed by atoms with van der Waals surface area (Å²) in [5.41, 5.74) is 2.30. The number of anilines is 2. The van der Waals surface area contributed by atoms with Gasteiger partial charge in [0.05, 0.1) is 11.9 Å². The molecular formula is C17H21N3O2. The second-order valence-corrected chi connectivity index (χ2v) is 5.96. The fraction of sp³-hybridized carbons (Fsp3) is 0.412. The number of rotatable bonds is 4. The van der Waals surface area contributed by atoms with Gasteiger partial charge in [0.2, 0.25) is 0 Å². The molecule has 0 saturated carbocycles. The van der Waals surface area contributed by atoms with Gasteiger partial charge in [-0.25, -0.2) is 4.98 Å². The van der Waals surface area contributed by atoms with Crippen LogP contribution >= 0.6 is 0 Å². The van der Waals surface area contributed by atoms with Crippen LogP contribution in [0, 0.1) is 6.92 Å². The first kappa shape index (κ1) is 14.6. The van der Waals surface area contributed by atoms with Crippen molar-refractivity contribution in [2.24, 2.45) is 0 Å². The Morgan fingerprint density at radius 1 is 1.32 bits per heavy atom. The minimum absolute atomic E-state index is 0.0564. The van der Waals surface area contributed by atoms with E-state index in [1.54, 1.807) is 11.9 Å². The van der Waals surface area contributed by atoms with E-state index in [-0.39, 0.29) is 6.54 Å². The zero-order valence-electron chi connectivity index (χ0n) is 13.0. The van der Waals surface area contributed by atoms with Gasteiger partial charge in [0.25, 0.3) is 0 Å². The van der Waals surface area contributed by atoms with E-state index in [2.05, 4.69) is 28.1 Å². The highest BCUT2D eigenvalue weighted by molar-refractivity contribution is 6.01. The number of hydrogen-bond donors (Lipinski definition) is 1. The van der Waals surface area contributed by atoms with Gasteiger partial charge in [0, 0.05) is 30.9 Å². The summed E-state index contributed by atoms with van der Waals surface area (Å²) in [6.45, 7) is 4.12. The maximum absolute atomic E-state index is 11.0. The topological polar surface area (TPSA) is 56.7 Å². The Morgan fingerprint density at radius 3 is 2.73 bits per heavy atom. The fourth-order valence-corrected chi connectivity index (χ4v) is 3.12. The van der Waals surface area contributed by atoms with Crippen molar-refractivity contribution in [1.29, 1.82) is 0 Å². The summed E-state index contributed by atoms with van der Waals surface area (Å²) < 4.78 is 0. The molecule has 2 heterocycles. The Morgan fingerprint density at radius 2 is 2.05 bits per heavy atom. The van der Waals surface area contributed by atoms with E-state index < -0.39 is 5.97 Å². The lowest BCUT2D eigenvalue weighted by molar-refractivity contribution is -0.135. The molecule has 3 rings (SSSR count). The van der Waals surface area contributed by atoms with Crippen molar-refractivity contribution in [3.63, 3.8) is 0 Å². The van der Waals surface area contributed by atoms with Crippen LogP contribution in [0.15, 0.2) is 24.4 Å². The molecule has 1 saturated heterocycles. The van der Waals surface area contributed by atoms with Crippen LogP contribution in [0.1, 0.15) is 18.4 Å². The summed E-state index contributed by atoms with van der Waals surface area (Å²) in [6, 6.07) is 6.32. The van der Waals surface area contributed by atoms with Crippen molar-refractivity contribution in [1.82, 2.24) is 4.98 Å². The van der Waals surface area contributed by atoms with Gasteiger partial charge in [-0.05, 0) is 25.8 Å². The predicted octanol–water partition coefficient (Wildman–Crippen LogP) is 2.66. The third kappa shape index (κ3) is 2.71. The number of likely N-dealkylation sites (N-methyl/N-ethyl adjacent to an activating group) is 1. The molecular weight excluding hydrogens is 278 g/mol. The molecule has 1 fully saturated rings. The van der Waals surface area contributed by atoms with Crippen molar-refractivity contribution in [3.8, 4) is 0 Å². The van der Waals surface area contributed by atoms with E-state index in [9.17, 15) is 4.79 Å². The lowest BCUT2D eigenvalue weighted by atomic mass is 10.1. The van der Waals surface area contributed by atoms with Crippen LogP contribution in [0.5, 0.6) is 0 Å². The average Bonchev–Trinajstić information content (AvgIpc) is 2.99. The number of hydrogen-bond acceptors (Lipinski definition) is 4. The molecule has 1 aliphatic heterocycles. The highest BCUT2D eigenvalue weighted by Gasteiger charge is 2.18. The number of benzene rings is 1. The van der Waals surface area contributed by atoms with E-state index in [0.717, 1.165) is 40.9 Å². The highest BCUT2D eigenvalue weighted by Crippen LogP contribution is 2.34. The van der Waals surface area contributed by atoms with E-state index >= 15 is 0 Å². The summed E-state index contributed by atoms with van der Waals surface area (Å²) in [7, 11) is 1.77. The number of aliphatic carboxylic acids is 1. The third-order valence-corrected chi connectivity index (χ3v) is 4.18. The fourth-order valence-electron chi connectivity index (χ4n) is 3.12. The van der Waals surface area contributed by atoms with Gasteiger partial charge >= 0.3 is 5.97 Å². The average molecular weight is 299 g/mol. The van der Waals surface area contributed by atoms with E-state index in [0.29, 0.717) is 0 Å². The molecule has 0 unspecified atom stereocenters. The second-order valence-electron chi connectivity index (χ2n) is 5.96. The summed E-state index contributed by atoms with van der Waals surface area (Å²) >= 11 is 0. The lowest BCUT2D eigenvalue weighted by Gasteiger charge is -2.23. The van der Waals surface area contributed by atoms with E-state index in [4.69, 9.17) is 5.11 Å². The Labute approximate surface area is 130 Å². The van der Waals surface area contributed by atoms with Crippen LogP contribution < -0.4 is 9.80 Å². The first-order valence-corrected chi connectivity index (χ1v) is 7.63. The van der Waals surface area contributed by atoms with Crippen LogP contribution in [-0.2, 0) is 4.79 Å². The number of aromatic nitrogens is 1. The van der Waals surface area contributed by atoms with Crippen molar-refractivity contribution >= 4 is 28.2 Å². The lowest BCUT2D eigenvalue weighted by Crippen LogP contribution is -2.26. The van der Waals surface area contributed by atoms with Crippen molar-refractivity contribution in [3.05, 3.63) is 30.0 Å². The van der Waals surface area contributed by atoms with Gasteiger partial charge in [-0.2, -0.15) is 0 Å². The van der Waals surface area contributed by atoms with Crippen LogP contribution in [0.2, 0.25) is 0 Å². The minimum Gasteiger partial charge on any atom is -0.480 e. The smallest absolute Gasteiger partial charge is 0.323 e. The molecule has 5 nitrogen and oxygen atoms in total. The maximum Gasteiger partial charge on any atom is 0.323 e. The van der Waals surface area contributed by atoms with Crippen LogP contribution in [0.3, 0.4) is 0 Å². The monoisotopic (exact) mass is 299 g/mol. The highest BCUT2D eigenvalue weighted by atomic mass is 16.4. The number of nitrogens with zero attached hydrogens (tertiary/aromatic N) is 3. The number of carboxylic acids is 1.